The van der Waals surface area contributed by atoms with Gasteiger partial charge in [0.25, 0.3) is 0 Å². The molecule has 2 rings (SSSR count). The van der Waals surface area contributed by atoms with Crippen LogP contribution in [0.3, 0.4) is 0 Å². The second-order valence-corrected chi connectivity index (χ2v) is 6.40. The topological polar surface area (TPSA) is 21.3 Å². The van der Waals surface area contributed by atoms with E-state index in [-0.39, 0.29) is 0 Å². The third-order valence-corrected chi connectivity index (χ3v) is 4.62. The standard InChI is InChI=1S/C16H17Br2NO/c1-10-5-4-6-11(2)12(10)9-19-15-8-16(20-3)14(18)7-13(15)17/h4-8,19H,9H2,1-3H3. The molecule has 0 atom stereocenters. The lowest BCUT2D eigenvalue weighted by Crippen LogP contribution is -2.04. The molecule has 0 fully saturated rings. The molecule has 0 unspecified atom stereocenters. The van der Waals surface area contributed by atoms with Gasteiger partial charge in [-0.1, -0.05) is 18.2 Å². The number of methoxy groups -OCH3 is 1. The van der Waals surface area contributed by atoms with Gasteiger partial charge < -0.3 is 10.1 Å². The van der Waals surface area contributed by atoms with Crippen molar-refractivity contribution in [3.63, 3.8) is 0 Å². The Kier molecular flexibility index (Phi) is 5.11. The quantitative estimate of drug-likeness (QED) is 0.739. The van der Waals surface area contributed by atoms with Crippen molar-refractivity contribution in [1.82, 2.24) is 0 Å². The maximum atomic E-state index is 5.33. The summed E-state index contributed by atoms with van der Waals surface area (Å²) in [6, 6.07) is 10.4. The Labute approximate surface area is 136 Å². The second kappa shape index (κ2) is 6.64. The first-order valence-electron chi connectivity index (χ1n) is 6.35. The number of anilines is 1. The summed E-state index contributed by atoms with van der Waals surface area (Å²) in [6.07, 6.45) is 0. The number of aryl methyl sites for hydroxylation is 2. The number of halogens is 2. The van der Waals surface area contributed by atoms with Gasteiger partial charge in [0.1, 0.15) is 5.75 Å². The summed E-state index contributed by atoms with van der Waals surface area (Å²) in [6.45, 7) is 5.07. The van der Waals surface area contributed by atoms with Crippen LogP contribution in [0.25, 0.3) is 0 Å². The van der Waals surface area contributed by atoms with Gasteiger partial charge >= 0.3 is 0 Å². The van der Waals surface area contributed by atoms with E-state index in [0.717, 1.165) is 26.9 Å². The number of rotatable bonds is 4. The lowest BCUT2D eigenvalue weighted by atomic mass is 10.0. The molecule has 0 heterocycles. The van der Waals surface area contributed by atoms with E-state index in [1.165, 1.54) is 16.7 Å². The maximum absolute atomic E-state index is 5.33. The molecule has 4 heteroatoms. The lowest BCUT2D eigenvalue weighted by Gasteiger charge is -2.14. The van der Waals surface area contributed by atoms with Crippen molar-refractivity contribution in [2.75, 3.05) is 12.4 Å². The molecule has 0 spiro atoms. The fourth-order valence-electron chi connectivity index (χ4n) is 2.13. The van der Waals surface area contributed by atoms with Crippen molar-refractivity contribution in [1.29, 1.82) is 0 Å². The average Bonchev–Trinajstić information content (AvgIpc) is 2.40. The zero-order chi connectivity index (χ0) is 14.7. The van der Waals surface area contributed by atoms with Crippen molar-refractivity contribution in [2.24, 2.45) is 0 Å². The number of ether oxygens (including phenoxy) is 1. The molecule has 2 aromatic rings. The van der Waals surface area contributed by atoms with E-state index in [0.29, 0.717) is 0 Å². The minimum atomic E-state index is 0.794. The molecule has 2 nitrogen and oxygen atoms in total. The number of hydrogen-bond acceptors (Lipinski definition) is 2. The number of hydrogen-bond donors (Lipinski definition) is 1. The van der Waals surface area contributed by atoms with Crippen LogP contribution < -0.4 is 10.1 Å². The average molecular weight is 399 g/mol. The van der Waals surface area contributed by atoms with Crippen LogP contribution >= 0.6 is 31.9 Å². The van der Waals surface area contributed by atoms with E-state index >= 15 is 0 Å². The van der Waals surface area contributed by atoms with Crippen LogP contribution in [0.2, 0.25) is 0 Å². The van der Waals surface area contributed by atoms with Gasteiger partial charge in [-0.05, 0) is 68.5 Å². The first-order chi connectivity index (χ1) is 9.52. The minimum absolute atomic E-state index is 0.794. The molecular weight excluding hydrogens is 382 g/mol. The molecule has 0 aliphatic rings. The van der Waals surface area contributed by atoms with Gasteiger partial charge in [0, 0.05) is 17.1 Å². The molecule has 0 saturated carbocycles. The van der Waals surface area contributed by atoms with Gasteiger partial charge in [0.05, 0.1) is 17.3 Å². The Morgan fingerprint density at radius 3 is 2.30 bits per heavy atom. The third kappa shape index (κ3) is 3.36. The fraction of sp³-hybridized carbons (Fsp3) is 0.250. The van der Waals surface area contributed by atoms with Gasteiger partial charge in [0.2, 0.25) is 0 Å². The highest BCUT2D eigenvalue weighted by atomic mass is 79.9. The first kappa shape index (κ1) is 15.4. The van der Waals surface area contributed by atoms with Crippen LogP contribution in [0.4, 0.5) is 5.69 Å². The molecule has 0 aliphatic heterocycles. The summed E-state index contributed by atoms with van der Waals surface area (Å²) < 4.78 is 7.28. The Bertz CT molecular complexity index is 606. The SMILES string of the molecule is COc1cc(NCc2c(C)cccc2C)c(Br)cc1Br. The molecule has 0 amide bonds. The molecule has 0 bridgehead atoms. The Morgan fingerprint density at radius 1 is 1.05 bits per heavy atom. The largest absolute Gasteiger partial charge is 0.495 e. The van der Waals surface area contributed by atoms with E-state index in [9.17, 15) is 0 Å². The second-order valence-electron chi connectivity index (χ2n) is 4.69. The van der Waals surface area contributed by atoms with Gasteiger partial charge in [0.15, 0.2) is 0 Å². The highest BCUT2D eigenvalue weighted by Crippen LogP contribution is 2.34. The Morgan fingerprint density at radius 2 is 1.70 bits per heavy atom. The van der Waals surface area contributed by atoms with Crippen LogP contribution in [0, 0.1) is 13.8 Å². The highest BCUT2D eigenvalue weighted by molar-refractivity contribution is 9.11. The summed E-state index contributed by atoms with van der Waals surface area (Å²) in [5.74, 6) is 0.817. The fourth-order valence-corrected chi connectivity index (χ4v) is 3.43. The Hall–Kier alpha value is -1.000. The molecule has 0 aliphatic carbocycles. The summed E-state index contributed by atoms with van der Waals surface area (Å²) >= 11 is 7.05. The monoisotopic (exact) mass is 397 g/mol. The summed E-state index contributed by atoms with van der Waals surface area (Å²) in [7, 11) is 1.67. The molecule has 0 aromatic heterocycles. The lowest BCUT2D eigenvalue weighted by molar-refractivity contribution is 0.412. The van der Waals surface area contributed by atoms with E-state index in [1.54, 1.807) is 7.11 Å². The Balaban J connectivity index is 2.23. The van der Waals surface area contributed by atoms with Crippen LogP contribution in [0.15, 0.2) is 39.3 Å². The van der Waals surface area contributed by atoms with Gasteiger partial charge in [-0.25, -0.2) is 0 Å². The zero-order valence-corrected chi connectivity index (χ0v) is 14.9. The zero-order valence-electron chi connectivity index (χ0n) is 11.8. The molecule has 2 aromatic carbocycles. The van der Waals surface area contributed by atoms with E-state index in [4.69, 9.17) is 4.74 Å². The van der Waals surface area contributed by atoms with Crippen LogP contribution in [0.1, 0.15) is 16.7 Å². The van der Waals surface area contributed by atoms with Crippen molar-refractivity contribution in [3.05, 3.63) is 56.0 Å². The highest BCUT2D eigenvalue weighted by Gasteiger charge is 2.08. The predicted molar refractivity (Wildman–Crippen MR) is 91.6 cm³/mol. The van der Waals surface area contributed by atoms with E-state index < -0.39 is 0 Å². The van der Waals surface area contributed by atoms with Crippen molar-refractivity contribution in [2.45, 2.75) is 20.4 Å². The van der Waals surface area contributed by atoms with Crippen molar-refractivity contribution in [3.8, 4) is 5.75 Å². The summed E-state index contributed by atoms with van der Waals surface area (Å²) in [5, 5.41) is 3.47. The molecule has 0 saturated heterocycles. The molecule has 106 valence electrons. The van der Waals surface area contributed by atoms with E-state index in [2.05, 4.69) is 69.2 Å². The molecule has 20 heavy (non-hydrogen) atoms. The first-order valence-corrected chi connectivity index (χ1v) is 7.93. The maximum Gasteiger partial charge on any atom is 0.135 e. The number of nitrogens with one attached hydrogen (secondary N) is 1. The number of benzene rings is 2. The van der Waals surface area contributed by atoms with Gasteiger partial charge in [-0.3, -0.25) is 0 Å². The normalized spacial score (nSPS) is 10.4. The van der Waals surface area contributed by atoms with Crippen LogP contribution in [-0.4, -0.2) is 7.11 Å². The van der Waals surface area contributed by atoms with Gasteiger partial charge in [-0.15, -0.1) is 0 Å². The van der Waals surface area contributed by atoms with Crippen LogP contribution in [0.5, 0.6) is 5.75 Å². The van der Waals surface area contributed by atoms with Crippen LogP contribution in [-0.2, 0) is 6.54 Å². The summed E-state index contributed by atoms with van der Waals surface area (Å²) in [4.78, 5) is 0. The molecule has 1 N–H and O–H groups in total. The van der Waals surface area contributed by atoms with Crippen molar-refractivity contribution < 1.29 is 4.74 Å². The predicted octanol–water partition coefficient (Wildman–Crippen LogP) is 5.45. The molecular formula is C16H17Br2NO. The van der Waals surface area contributed by atoms with Crippen molar-refractivity contribution >= 4 is 37.5 Å². The summed E-state index contributed by atoms with van der Waals surface area (Å²) in [5.41, 5.74) is 4.96. The third-order valence-electron chi connectivity index (χ3n) is 3.34. The minimum Gasteiger partial charge on any atom is -0.495 e. The van der Waals surface area contributed by atoms with Gasteiger partial charge in [-0.2, -0.15) is 0 Å². The smallest absolute Gasteiger partial charge is 0.135 e. The van der Waals surface area contributed by atoms with E-state index in [1.807, 2.05) is 12.1 Å². The molecule has 0 radical (unpaired) electrons.